The molecule has 9 aliphatic rings. The van der Waals surface area contributed by atoms with Crippen LogP contribution < -0.4 is 9.80 Å². The predicted molar refractivity (Wildman–Crippen MR) is 533 cm³/mol. The van der Waals surface area contributed by atoms with Crippen LogP contribution in [0.1, 0.15) is 275 Å². The van der Waals surface area contributed by atoms with E-state index in [1.807, 2.05) is 73.3 Å². The molecule has 26 nitrogen and oxygen atoms in total. The number of aliphatic hydroxyl groups is 2. The fourth-order valence-electron chi connectivity index (χ4n) is 23.9. The van der Waals surface area contributed by atoms with Crippen LogP contribution in [0.5, 0.6) is 0 Å². The molecule has 0 unspecified atom stereocenters. The molecule has 0 spiro atoms. The average Bonchev–Trinajstić information content (AvgIpc) is 1.60. The van der Waals surface area contributed by atoms with Gasteiger partial charge < -0.3 is 53.0 Å². The van der Waals surface area contributed by atoms with E-state index in [2.05, 4.69) is 242 Å². The van der Waals surface area contributed by atoms with Crippen molar-refractivity contribution in [1.82, 2.24) is 96.7 Å². The van der Waals surface area contributed by atoms with Crippen molar-refractivity contribution < 1.29 is 19.7 Å². The number of fused-ring (bicyclic) bond motifs is 4. The van der Waals surface area contributed by atoms with Gasteiger partial charge in [0, 0.05) is 122 Å². The fraction of sp³-hybridized carbons (Fsp3) is 0.556. The average molecular weight is 1820 g/mol. The van der Waals surface area contributed by atoms with Gasteiger partial charge in [-0.05, 0) is 332 Å². The van der Waals surface area contributed by atoms with Gasteiger partial charge in [-0.2, -0.15) is 0 Å². The molecule has 12 aromatic rings. The molecule has 12 aromatic heterocycles. The molecule has 9 aliphatic heterocycles. The molecule has 0 aliphatic carbocycles. The highest BCUT2D eigenvalue weighted by Crippen LogP contribution is 2.49. The van der Waals surface area contributed by atoms with E-state index >= 15 is 0 Å². The zero-order chi connectivity index (χ0) is 92.6. The second kappa shape index (κ2) is 43.4. The number of likely N-dealkylation sites (N-methyl/N-ethyl adjacent to an activating group) is 1. The maximum Gasteiger partial charge on any atom is 0.138 e. The number of rotatable bonds is 19. The molecule has 9 fully saturated rings. The van der Waals surface area contributed by atoms with E-state index < -0.39 is 12.2 Å². The number of hydrogen-bond acceptors (Lipinski definition) is 22. The summed E-state index contributed by atoms with van der Waals surface area (Å²) in [6.07, 6.45) is 33.0. The maximum atomic E-state index is 11.6. The molecule has 0 aromatic carbocycles. The first kappa shape index (κ1) is 94.8. The van der Waals surface area contributed by atoms with Crippen LogP contribution in [0.15, 0.2) is 165 Å². The number of nitrogens with zero attached hydrogens (tertiary/aromatic N) is 22. The summed E-state index contributed by atoms with van der Waals surface area (Å²) in [5.41, 5.74) is 21.3. The van der Waals surface area contributed by atoms with E-state index in [1.54, 1.807) is 0 Å². The van der Waals surface area contributed by atoms with Crippen LogP contribution in [0.25, 0.3) is 22.6 Å². The number of ether oxygens (including phenoxy) is 2. The predicted octanol–water partition coefficient (Wildman–Crippen LogP) is 17.5. The van der Waals surface area contributed by atoms with Crippen molar-refractivity contribution in [3.05, 3.63) is 250 Å². The number of piperidine rings is 6. The number of imidazole rings is 4. The SMILES string of the molecule is CCOCc1c([C@H]2CCC[C@@H](c3ncccc3C)N2C)nc2cccc(N3CCN(CC)CC3)n12.Cc1cccnc1[C@@H]1CCC[C@H](c2cn3c(N4CCN(C5CCOCC5)CC4)cccc3n2)N1C.Cc1cccnc1[C@@H]1CCC[C@H](c2nc3ccccn3c2[C@@H](O)C2CCN(C)CC2)N1C.Cc1cccnc1[C@@H]1CCC[C@H](c2nc3ccccn3c2[C@H](O)C2CCN(C)CC2)N1C. The van der Waals surface area contributed by atoms with Crippen LogP contribution in [-0.2, 0) is 16.1 Å². The quantitative estimate of drug-likeness (QED) is 0.0770. The van der Waals surface area contributed by atoms with Gasteiger partial charge in [0.25, 0.3) is 0 Å². The highest BCUT2D eigenvalue weighted by molar-refractivity contribution is 5.57. The van der Waals surface area contributed by atoms with E-state index in [0.717, 1.165) is 234 Å². The van der Waals surface area contributed by atoms with E-state index in [0.29, 0.717) is 37.4 Å². The molecule has 21 rings (SSSR count). The third-order valence-corrected chi connectivity index (χ3v) is 31.8. The minimum absolute atomic E-state index is 0.172. The second-order valence-corrected chi connectivity index (χ2v) is 39.9. The first-order chi connectivity index (χ1) is 65.4. The number of pyridine rings is 8. The Labute approximate surface area is 794 Å². The minimum Gasteiger partial charge on any atom is -0.387 e. The molecule has 2 N–H and O–H groups in total. The van der Waals surface area contributed by atoms with Crippen LogP contribution in [0.2, 0.25) is 0 Å². The number of likely N-dealkylation sites (tertiary alicyclic amines) is 6. The van der Waals surface area contributed by atoms with Gasteiger partial charge in [-0.25, -0.2) is 19.9 Å². The van der Waals surface area contributed by atoms with Gasteiger partial charge in [0.15, 0.2) is 0 Å². The number of aromatic nitrogens is 12. The zero-order valence-electron chi connectivity index (χ0n) is 81.9. The zero-order valence-corrected chi connectivity index (χ0v) is 81.9. The molecule has 134 heavy (non-hydrogen) atoms. The Bertz CT molecular complexity index is 5660. The van der Waals surface area contributed by atoms with Crippen LogP contribution >= 0.6 is 0 Å². The standard InChI is InChI=1S/C28H38N6O.C28H40N6O.2C26H35N5O/c1-21-6-5-13-29-28(21)25-8-3-7-24(31(25)2)23-20-34-26(30-23)9-4-10-27(34)33-16-14-32(15-17-33)22-11-18-35-19-12-22;1-5-32-16-18-33(19-17-32)26-14-8-13-25-30-28(24(34(25)26)20-35-6-2)23-12-7-11-22(31(23)4)27-21(3)10-9-15-29-27;2*1-18-8-7-14-27-23(18)20-9-6-10-21(30(20)3)24-25(31-15-5-4-11-22(31)28-24)26(32)19-12-16-29(2)17-13-19/h4-6,9-10,13,20,22,24-25H,3,7-8,11-12,14-19H2,1-2H3;8-10,13-15,22-23H,5-7,11-12,16-20H2,1-4H3;2*4-5,7-8,11,14-15,19-21,26,32H,6,9-10,12-13,16-17H2,1-3H3/t24-,25+;22-,23+;20-,21+,26+;20-,21+,26-/m1000/s1. The van der Waals surface area contributed by atoms with Gasteiger partial charge in [0.1, 0.15) is 34.2 Å². The molecule has 0 amide bonds. The summed E-state index contributed by atoms with van der Waals surface area (Å²) in [5.74, 6) is 3.05. The van der Waals surface area contributed by atoms with E-state index in [1.165, 1.54) is 99.4 Å². The number of hydrogen-bond donors (Lipinski definition) is 2. The largest absolute Gasteiger partial charge is 0.387 e. The molecule has 0 bridgehead atoms. The Morgan fingerprint density at radius 1 is 0.373 bits per heavy atom. The Kier molecular flexibility index (Phi) is 30.7. The van der Waals surface area contributed by atoms with Crippen molar-refractivity contribution in [2.45, 2.75) is 230 Å². The fourth-order valence-corrected chi connectivity index (χ4v) is 23.9. The smallest absolute Gasteiger partial charge is 0.138 e. The topological polar surface area (TPSA) is 212 Å². The molecule has 9 saturated heterocycles. The Morgan fingerprint density at radius 2 is 0.754 bits per heavy atom. The van der Waals surface area contributed by atoms with Crippen LogP contribution in [0, 0.1) is 39.5 Å². The molecular weight excluding hydrogens is 1670 g/mol. The van der Waals surface area contributed by atoms with Crippen molar-refractivity contribution in [2.75, 3.05) is 157 Å². The highest BCUT2D eigenvalue weighted by Gasteiger charge is 2.43. The lowest BCUT2D eigenvalue weighted by Crippen LogP contribution is -2.52. The molecule has 26 heteroatoms. The van der Waals surface area contributed by atoms with Crippen molar-refractivity contribution in [3.8, 4) is 0 Å². The molecule has 0 saturated carbocycles. The molecule has 21 heterocycles. The number of piperazine rings is 2. The third-order valence-electron chi connectivity index (χ3n) is 31.8. The van der Waals surface area contributed by atoms with Crippen LogP contribution in [0.4, 0.5) is 11.6 Å². The molecule has 714 valence electrons. The number of aliphatic hydroxyl groups excluding tert-OH is 2. The number of aryl methyl sites for hydroxylation is 4. The molecular formula is C108H148N22O4. The van der Waals surface area contributed by atoms with Crippen LogP contribution in [-0.4, -0.2) is 260 Å². The Morgan fingerprint density at radius 3 is 1.19 bits per heavy atom. The van der Waals surface area contributed by atoms with Gasteiger partial charge in [0.2, 0.25) is 0 Å². The monoisotopic (exact) mass is 1820 g/mol. The van der Waals surface area contributed by atoms with E-state index in [-0.39, 0.29) is 42.0 Å². The number of anilines is 2. The van der Waals surface area contributed by atoms with Gasteiger partial charge in [-0.15, -0.1) is 0 Å². The van der Waals surface area contributed by atoms with Gasteiger partial charge in [0.05, 0.1) is 130 Å². The molecule has 10 atom stereocenters. The van der Waals surface area contributed by atoms with Gasteiger partial charge in [-0.3, -0.25) is 53.2 Å². The summed E-state index contributed by atoms with van der Waals surface area (Å²) in [7, 11) is 13.2. The summed E-state index contributed by atoms with van der Waals surface area (Å²) in [6.45, 7) is 30.0. The molecule has 0 radical (unpaired) electrons. The third kappa shape index (κ3) is 20.3. The summed E-state index contributed by atoms with van der Waals surface area (Å²) < 4.78 is 20.6. The van der Waals surface area contributed by atoms with Gasteiger partial charge >= 0.3 is 0 Å². The van der Waals surface area contributed by atoms with Crippen molar-refractivity contribution in [3.63, 3.8) is 0 Å². The summed E-state index contributed by atoms with van der Waals surface area (Å²) >= 11 is 0. The van der Waals surface area contributed by atoms with Crippen LogP contribution in [0.3, 0.4) is 0 Å². The lowest BCUT2D eigenvalue weighted by atomic mass is 9.86. The Hall–Kier alpha value is -9.52. The highest BCUT2D eigenvalue weighted by atomic mass is 16.5. The maximum absolute atomic E-state index is 11.6. The summed E-state index contributed by atoms with van der Waals surface area (Å²) in [4.78, 5) is 64.5. The van der Waals surface area contributed by atoms with Crippen molar-refractivity contribution >= 4 is 34.2 Å². The van der Waals surface area contributed by atoms with Crippen molar-refractivity contribution in [1.29, 1.82) is 0 Å². The lowest BCUT2D eigenvalue weighted by molar-refractivity contribution is 0.0320. The summed E-state index contributed by atoms with van der Waals surface area (Å²) in [6, 6.07) is 44.9. The second-order valence-electron chi connectivity index (χ2n) is 39.9. The van der Waals surface area contributed by atoms with Crippen molar-refractivity contribution in [2.24, 2.45) is 11.8 Å². The van der Waals surface area contributed by atoms with E-state index in [9.17, 15) is 10.2 Å². The Balaban J connectivity index is 0.000000120. The first-order valence-corrected chi connectivity index (χ1v) is 50.7. The minimum atomic E-state index is -0.499. The lowest BCUT2D eigenvalue weighted by Gasteiger charge is -2.41. The summed E-state index contributed by atoms with van der Waals surface area (Å²) in [5, 5.41) is 23.3. The van der Waals surface area contributed by atoms with E-state index in [4.69, 9.17) is 49.3 Å². The normalized spacial score (nSPS) is 24.3. The first-order valence-electron chi connectivity index (χ1n) is 50.7. The van der Waals surface area contributed by atoms with Gasteiger partial charge in [-0.1, -0.05) is 55.5 Å².